The van der Waals surface area contributed by atoms with Gasteiger partial charge in [0, 0.05) is 28.3 Å². The topological polar surface area (TPSA) is 877 Å². The zero-order chi connectivity index (χ0) is 97.7. The SMILES string of the molecule is O=C(O[C@H]1O[C@@H]2COC(=O)c3cc(O)c(O)c(O)c3-c3c(cc(O)c(O)c3O)C(=O)O[C@H]([C@H]1OC(=O)c1cc(O)c(O)c(O)c1)[C@@H]2OC(=O)c1cc(O)c(O)c(O)c1)c1cc(O)c(O)c(Oc2c(C(=O)O[C@H]3[C@@H](OC(=O)c4cc(O)c(O)c(O)c4)O[C@@H]4COC(=O)c5cc(O)c(O)c(O)c5-c5c(cc(O)c(O)c5O)C(=O)O[C@H]3[C@@H]4OC(=O)c3cc(O)c(O)c(O)c3)cc(O)c(O)c2O)c1. The fourth-order valence-corrected chi connectivity index (χ4v) is 13.9. The Morgan fingerprint density at radius 2 is 0.485 bits per heavy atom. The Kier molecular flexibility index (Phi) is 23.2. The summed E-state index contributed by atoms with van der Waals surface area (Å²) >= 11 is 0. The predicted octanol–water partition coefficient (Wildman–Crippen LogP) is 3.73. The van der Waals surface area contributed by atoms with E-state index in [1.165, 1.54) is 0 Å². The lowest BCUT2D eigenvalue weighted by Crippen LogP contribution is -2.63. The van der Waals surface area contributed by atoms with E-state index >= 15 is 19.2 Å². The van der Waals surface area contributed by atoms with Crippen LogP contribution in [0.4, 0.5) is 0 Å². The molecule has 134 heavy (non-hydrogen) atoms. The molecule has 14 rings (SSSR count). The van der Waals surface area contributed by atoms with Crippen molar-refractivity contribution in [3.63, 3.8) is 0 Å². The molecule has 29 N–H and O–H groups in total. The van der Waals surface area contributed by atoms with Crippen molar-refractivity contribution in [1.82, 2.24) is 0 Å². The number of carbonyl (C=O) groups excluding carboxylic acids is 10. The Labute approximate surface area is 736 Å². The first kappa shape index (κ1) is 91.0. The monoisotopic (exact) mass is 1870 g/mol. The largest absolute Gasteiger partial charge is 0.504 e. The molecule has 4 heterocycles. The number of rotatable bonds is 14. The van der Waals surface area contributed by atoms with E-state index < -0.39 is 390 Å². The Hall–Kier alpha value is -19.2. The maximum atomic E-state index is 15.6. The Balaban J connectivity index is 0.896. The molecule has 10 atom stereocenters. The van der Waals surface area contributed by atoms with Crippen molar-refractivity contribution >= 4 is 59.7 Å². The molecule has 10 aromatic carbocycles. The molecular formula is C82H58O52. The average Bonchev–Trinajstić information content (AvgIpc) is 0.740. The third-order valence-corrected chi connectivity index (χ3v) is 20.4. The maximum Gasteiger partial charge on any atom is 0.342 e. The number of benzene rings is 10. The van der Waals surface area contributed by atoms with E-state index in [9.17, 15) is 177 Å². The van der Waals surface area contributed by atoms with Gasteiger partial charge in [0.15, 0.2) is 162 Å². The molecule has 0 aromatic heterocycles. The number of hydrogen-bond acceptors (Lipinski definition) is 52. The number of phenols is 29. The van der Waals surface area contributed by atoms with Crippen molar-refractivity contribution in [1.29, 1.82) is 0 Å². The summed E-state index contributed by atoms with van der Waals surface area (Å²) in [5.41, 5.74) is -17.5. The van der Waals surface area contributed by atoms with Crippen LogP contribution in [-0.2, 0) is 56.8 Å². The number of esters is 10. The van der Waals surface area contributed by atoms with Crippen molar-refractivity contribution < 1.29 is 258 Å². The van der Waals surface area contributed by atoms with Crippen LogP contribution in [0.15, 0.2) is 91.0 Å². The second kappa shape index (κ2) is 34.2. The molecule has 698 valence electrons. The fourth-order valence-electron chi connectivity index (χ4n) is 13.9. The smallest absolute Gasteiger partial charge is 0.342 e. The van der Waals surface area contributed by atoms with E-state index in [4.69, 9.17) is 61.6 Å². The minimum atomic E-state index is -3.12. The van der Waals surface area contributed by atoms with Crippen LogP contribution in [0.5, 0.6) is 178 Å². The number of phenolic OH excluding ortho intramolecular Hbond substituents is 29. The van der Waals surface area contributed by atoms with Gasteiger partial charge in [-0.15, -0.1) is 0 Å². The van der Waals surface area contributed by atoms with E-state index in [1.807, 2.05) is 0 Å². The van der Waals surface area contributed by atoms with Gasteiger partial charge in [-0.1, -0.05) is 0 Å². The molecule has 4 aliphatic rings. The van der Waals surface area contributed by atoms with Gasteiger partial charge < -0.3 is 210 Å². The van der Waals surface area contributed by atoms with Gasteiger partial charge >= 0.3 is 59.7 Å². The van der Waals surface area contributed by atoms with Gasteiger partial charge in [0.2, 0.25) is 65.0 Å². The second-order valence-corrected chi connectivity index (χ2v) is 28.7. The minimum absolute atomic E-state index is 0.0764. The van der Waals surface area contributed by atoms with Crippen molar-refractivity contribution in [2.45, 2.75) is 61.4 Å². The van der Waals surface area contributed by atoms with Gasteiger partial charge in [-0.05, 0) is 84.9 Å². The minimum Gasteiger partial charge on any atom is -0.504 e. The third kappa shape index (κ3) is 16.2. The summed E-state index contributed by atoms with van der Waals surface area (Å²) in [6.07, 6.45) is -28.7. The molecule has 0 unspecified atom stereocenters. The average molecular weight is 1880 g/mol. The van der Waals surface area contributed by atoms with Crippen LogP contribution in [0.2, 0.25) is 0 Å². The lowest BCUT2D eigenvalue weighted by Gasteiger charge is -2.44. The molecule has 52 nitrogen and oxygen atoms in total. The first-order valence-electron chi connectivity index (χ1n) is 37.0. The fraction of sp³-hybridized carbons (Fsp3) is 0.146. The summed E-state index contributed by atoms with van der Waals surface area (Å²) in [5.74, 6) is -65.9. The highest BCUT2D eigenvalue weighted by molar-refractivity contribution is 6.11. The molecule has 10 aromatic rings. The molecule has 0 amide bonds. The number of carbonyl (C=O) groups is 10. The van der Waals surface area contributed by atoms with Gasteiger partial charge in [0.1, 0.15) is 31.0 Å². The van der Waals surface area contributed by atoms with Gasteiger partial charge in [-0.3, -0.25) is 0 Å². The first-order chi connectivity index (χ1) is 63.0. The number of aromatic hydroxyl groups is 29. The van der Waals surface area contributed by atoms with Gasteiger partial charge in [-0.25, -0.2) is 47.9 Å². The summed E-state index contributed by atoms with van der Waals surface area (Å²) in [6, 6.07) is 4.76. The van der Waals surface area contributed by atoms with Crippen molar-refractivity contribution in [2.75, 3.05) is 13.2 Å². The van der Waals surface area contributed by atoms with Crippen LogP contribution < -0.4 is 4.74 Å². The summed E-state index contributed by atoms with van der Waals surface area (Å²) < 4.78 is 74.4. The molecule has 2 saturated heterocycles. The van der Waals surface area contributed by atoms with Gasteiger partial charge in [0.25, 0.3) is 0 Å². The third-order valence-electron chi connectivity index (χ3n) is 20.4. The Bertz CT molecular complexity index is 6660. The molecule has 52 heteroatoms. The van der Waals surface area contributed by atoms with Crippen LogP contribution in [0, 0.1) is 0 Å². The Morgan fingerprint density at radius 1 is 0.246 bits per heavy atom. The quantitative estimate of drug-likeness (QED) is 0.0419. The second-order valence-electron chi connectivity index (χ2n) is 28.7. The van der Waals surface area contributed by atoms with Crippen LogP contribution >= 0.6 is 0 Å². The first-order valence-corrected chi connectivity index (χ1v) is 37.0. The molecule has 4 bridgehead atoms. The van der Waals surface area contributed by atoms with E-state index in [1.54, 1.807) is 0 Å². The van der Waals surface area contributed by atoms with E-state index in [2.05, 4.69) is 0 Å². The zero-order valence-corrected chi connectivity index (χ0v) is 65.7. The van der Waals surface area contributed by atoms with Crippen LogP contribution in [0.25, 0.3) is 22.3 Å². The van der Waals surface area contributed by atoms with Crippen LogP contribution in [0.1, 0.15) is 104 Å². The number of cyclic esters (lactones) is 2. The Morgan fingerprint density at radius 3 is 0.791 bits per heavy atom. The lowest BCUT2D eigenvalue weighted by molar-refractivity contribution is -0.283. The van der Waals surface area contributed by atoms with E-state index in [-0.39, 0.29) is 30.3 Å². The molecule has 2 fully saturated rings. The van der Waals surface area contributed by atoms with Crippen LogP contribution in [-0.4, -0.2) is 282 Å². The van der Waals surface area contributed by atoms with Crippen molar-refractivity contribution in [3.05, 3.63) is 147 Å². The molecule has 4 aliphatic heterocycles. The number of ether oxygens (including phenoxy) is 13. The molecule has 0 radical (unpaired) electrons. The molecular weight excluding hydrogens is 1820 g/mol. The van der Waals surface area contributed by atoms with Crippen molar-refractivity contribution in [2.24, 2.45) is 0 Å². The maximum absolute atomic E-state index is 15.6. The molecule has 0 aliphatic carbocycles. The van der Waals surface area contributed by atoms with Crippen molar-refractivity contribution in [3.8, 4) is 200 Å². The zero-order valence-electron chi connectivity index (χ0n) is 65.7. The van der Waals surface area contributed by atoms with Gasteiger partial charge in [0.05, 0.1) is 50.1 Å². The highest BCUT2D eigenvalue weighted by atomic mass is 16.8. The molecule has 0 saturated carbocycles. The summed E-state index contributed by atoms with van der Waals surface area (Å²) in [6.45, 7) is -3.15. The predicted molar refractivity (Wildman–Crippen MR) is 415 cm³/mol. The number of hydrogen-bond donors (Lipinski definition) is 29. The summed E-state index contributed by atoms with van der Waals surface area (Å²) in [7, 11) is 0. The van der Waals surface area contributed by atoms with E-state index in [0.717, 1.165) is 0 Å². The number of fused-ring (bicyclic) bond motifs is 10. The van der Waals surface area contributed by atoms with Gasteiger partial charge in [-0.2, -0.15) is 0 Å². The summed E-state index contributed by atoms with van der Waals surface area (Å²) in [5, 5.41) is 315. The standard InChI is InChI=1S/C82H58O52/c83-28-1-18(2-29(84)49(28)97)71(112)127-65-43-16-122-76(117)23-11-37(92)54(102)59(107)45(23)47-25(13-39(94)56(104)61(47)109)78(119)129-67(65)69(131-73(114)20-5-32(87)51(99)33(88)6-20)81(125-43)134-75(116)22-9-36(91)53(101)42(10-22)124-64-27(15-41(96)58(106)63(64)111)80(121)132-70-68-66(128-72(113)19-3-30(85)50(98)31(86)4-19)44(126-82(70)133-74(115)21-7-34(89)52(100)35(90)8-21)17-123-77(118)24-12-38(93)55(103)60(108)46(24)48-26(79(120)130-68)14-40(95)57(105)62(48)110/h1-15,43-44,65-70,81-111H,16-17H2/t43-,44-,65-,66-,67+,68+,69-,70-,81-,82-/m1/s1. The highest BCUT2D eigenvalue weighted by Gasteiger charge is 2.58. The highest BCUT2D eigenvalue weighted by Crippen LogP contribution is 2.58. The van der Waals surface area contributed by atoms with E-state index in [0.29, 0.717) is 60.7 Å². The normalized spacial score (nSPS) is 19.1. The summed E-state index contributed by atoms with van der Waals surface area (Å²) in [4.78, 5) is 148. The molecule has 0 spiro atoms. The van der Waals surface area contributed by atoms with Crippen LogP contribution in [0.3, 0.4) is 0 Å². The lowest BCUT2D eigenvalue weighted by atomic mass is 9.91.